The highest BCUT2D eigenvalue weighted by Crippen LogP contribution is 2.22. The molecule has 0 spiro atoms. The number of ether oxygens (including phenoxy) is 1. The van der Waals surface area contributed by atoms with E-state index in [1.165, 1.54) is 0 Å². The van der Waals surface area contributed by atoms with Gasteiger partial charge < -0.3 is 15.8 Å². The summed E-state index contributed by atoms with van der Waals surface area (Å²) in [6, 6.07) is 0. The fourth-order valence-electron chi connectivity index (χ4n) is 2.26. The van der Waals surface area contributed by atoms with Crippen molar-refractivity contribution >= 4 is 11.6 Å². The Labute approximate surface area is 113 Å². The van der Waals surface area contributed by atoms with Crippen LogP contribution in [0.4, 0.5) is 5.69 Å². The van der Waals surface area contributed by atoms with Crippen LogP contribution in [0.5, 0.6) is 0 Å². The average molecular weight is 266 g/mol. The van der Waals surface area contributed by atoms with Crippen LogP contribution in [0.1, 0.15) is 48.8 Å². The second-order valence-corrected chi connectivity index (χ2v) is 5.33. The number of hydrogen-bond donors (Lipinski definition) is 3. The Balaban J connectivity index is 1.85. The number of aromatic nitrogens is 2. The third kappa shape index (κ3) is 3.26. The Bertz CT molecular complexity index is 436. The molecule has 1 atom stereocenters. The second-order valence-electron chi connectivity index (χ2n) is 5.33. The minimum Gasteiger partial charge on any atom is -0.395 e. The number of H-pyrrole nitrogens is 1. The predicted octanol–water partition coefficient (Wildman–Crippen LogP) is 1.27. The number of nitrogens with zero attached hydrogens (tertiary/aromatic N) is 1. The Morgan fingerprint density at radius 1 is 1.63 bits per heavy atom. The smallest absolute Gasteiger partial charge is 0.273 e. The zero-order chi connectivity index (χ0) is 13.8. The van der Waals surface area contributed by atoms with E-state index in [4.69, 9.17) is 10.5 Å². The standard InChI is InChI=1S/C13H22N4O2/c1-8(2)11-10(14)12(17-16-11)13(18)15-5-3-9-4-6-19-7-9/h8-9H,3-7,14H2,1-2H3,(H,15,18)(H,16,17). The van der Waals surface area contributed by atoms with E-state index in [-0.39, 0.29) is 11.8 Å². The number of carbonyl (C=O) groups excluding carboxylic acids is 1. The van der Waals surface area contributed by atoms with Gasteiger partial charge in [-0.25, -0.2) is 0 Å². The van der Waals surface area contributed by atoms with E-state index < -0.39 is 0 Å². The lowest BCUT2D eigenvalue weighted by Gasteiger charge is -2.08. The largest absolute Gasteiger partial charge is 0.395 e. The lowest BCUT2D eigenvalue weighted by molar-refractivity contribution is 0.0946. The summed E-state index contributed by atoms with van der Waals surface area (Å²) in [6.45, 7) is 6.29. The summed E-state index contributed by atoms with van der Waals surface area (Å²) in [4.78, 5) is 12.0. The van der Waals surface area contributed by atoms with Gasteiger partial charge in [0.1, 0.15) is 0 Å². The number of nitrogens with two attached hydrogens (primary N) is 1. The van der Waals surface area contributed by atoms with Gasteiger partial charge in [-0.05, 0) is 24.7 Å². The van der Waals surface area contributed by atoms with Crippen molar-refractivity contribution < 1.29 is 9.53 Å². The molecule has 6 heteroatoms. The first-order valence-corrected chi connectivity index (χ1v) is 6.79. The van der Waals surface area contributed by atoms with Crippen molar-refractivity contribution in [1.82, 2.24) is 15.5 Å². The topological polar surface area (TPSA) is 93.0 Å². The molecule has 0 saturated carbocycles. The number of carbonyl (C=O) groups is 1. The first-order chi connectivity index (χ1) is 9.09. The summed E-state index contributed by atoms with van der Waals surface area (Å²) < 4.78 is 5.30. The molecule has 6 nitrogen and oxygen atoms in total. The molecule has 1 aliphatic rings. The van der Waals surface area contributed by atoms with Gasteiger partial charge in [0.2, 0.25) is 0 Å². The van der Waals surface area contributed by atoms with Gasteiger partial charge >= 0.3 is 0 Å². The van der Waals surface area contributed by atoms with E-state index in [2.05, 4.69) is 15.5 Å². The molecule has 1 unspecified atom stereocenters. The zero-order valence-corrected chi connectivity index (χ0v) is 11.5. The summed E-state index contributed by atoms with van der Waals surface area (Å²) in [5, 5.41) is 9.69. The summed E-state index contributed by atoms with van der Waals surface area (Å²) >= 11 is 0. The molecule has 4 N–H and O–H groups in total. The lowest BCUT2D eigenvalue weighted by atomic mass is 10.1. The van der Waals surface area contributed by atoms with Crippen LogP contribution in [0.2, 0.25) is 0 Å². The highest BCUT2D eigenvalue weighted by Gasteiger charge is 2.19. The maximum absolute atomic E-state index is 12.0. The Morgan fingerprint density at radius 3 is 3.00 bits per heavy atom. The fraction of sp³-hybridized carbons (Fsp3) is 0.692. The fourth-order valence-corrected chi connectivity index (χ4v) is 2.26. The maximum Gasteiger partial charge on any atom is 0.273 e. The quantitative estimate of drug-likeness (QED) is 0.748. The van der Waals surface area contributed by atoms with Crippen molar-refractivity contribution in [3.63, 3.8) is 0 Å². The van der Waals surface area contributed by atoms with Crippen LogP contribution in [0.15, 0.2) is 0 Å². The third-order valence-corrected chi connectivity index (χ3v) is 3.49. The van der Waals surface area contributed by atoms with Gasteiger partial charge in [0.05, 0.1) is 11.4 Å². The molecule has 2 heterocycles. The van der Waals surface area contributed by atoms with Crippen LogP contribution in [-0.4, -0.2) is 35.9 Å². The Hall–Kier alpha value is -1.56. The number of aromatic amines is 1. The molecule has 0 aliphatic carbocycles. The predicted molar refractivity (Wildman–Crippen MR) is 73.0 cm³/mol. The van der Waals surface area contributed by atoms with Gasteiger partial charge in [-0.1, -0.05) is 13.8 Å². The molecule has 0 radical (unpaired) electrons. The number of rotatable bonds is 5. The zero-order valence-electron chi connectivity index (χ0n) is 11.5. The molecule has 2 rings (SSSR count). The molecule has 1 fully saturated rings. The van der Waals surface area contributed by atoms with Gasteiger partial charge in [-0.2, -0.15) is 5.10 Å². The highest BCUT2D eigenvalue weighted by atomic mass is 16.5. The maximum atomic E-state index is 12.0. The molecule has 0 aromatic carbocycles. The van der Waals surface area contributed by atoms with E-state index in [9.17, 15) is 4.79 Å². The molecule has 1 aliphatic heterocycles. The molecular formula is C13H22N4O2. The summed E-state index contributed by atoms with van der Waals surface area (Å²) in [5.41, 5.74) is 7.49. The highest BCUT2D eigenvalue weighted by molar-refractivity contribution is 5.97. The van der Waals surface area contributed by atoms with E-state index in [1.54, 1.807) is 0 Å². The summed E-state index contributed by atoms with van der Waals surface area (Å²) in [7, 11) is 0. The monoisotopic (exact) mass is 266 g/mol. The normalized spacial score (nSPS) is 19.0. The second kappa shape index (κ2) is 6.06. The Morgan fingerprint density at radius 2 is 2.42 bits per heavy atom. The minimum atomic E-state index is -0.209. The molecule has 1 aromatic heterocycles. The third-order valence-electron chi connectivity index (χ3n) is 3.49. The van der Waals surface area contributed by atoms with E-state index in [1.807, 2.05) is 13.8 Å². The van der Waals surface area contributed by atoms with E-state index >= 15 is 0 Å². The van der Waals surface area contributed by atoms with Crippen LogP contribution in [0.3, 0.4) is 0 Å². The average Bonchev–Trinajstić information content (AvgIpc) is 2.98. The van der Waals surface area contributed by atoms with Gasteiger partial charge in [-0.15, -0.1) is 0 Å². The van der Waals surface area contributed by atoms with Crippen LogP contribution in [-0.2, 0) is 4.74 Å². The van der Waals surface area contributed by atoms with Crippen LogP contribution in [0, 0.1) is 5.92 Å². The van der Waals surface area contributed by atoms with Gasteiger partial charge in [0.15, 0.2) is 5.69 Å². The van der Waals surface area contributed by atoms with E-state index in [0.717, 1.165) is 31.7 Å². The van der Waals surface area contributed by atoms with Crippen molar-refractivity contribution in [1.29, 1.82) is 0 Å². The summed E-state index contributed by atoms with van der Waals surface area (Å²) in [6.07, 6.45) is 2.02. The van der Waals surface area contributed by atoms with Crippen molar-refractivity contribution in [2.24, 2.45) is 5.92 Å². The first-order valence-electron chi connectivity index (χ1n) is 6.79. The molecule has 1 aromatic rings. The number of amides is 1. The van der Waals surface area contributed by atoms with Gasteiger partial charge in [0, 0.05) is 19.8 Å². The molecule has 0 bridgehead atoms. The number of nitrogen functional groups attached to an aromatic ring is 1. The molecule has 1 saturated heterocycles. The van der Waals surface area contributed by atoms with E-state index in [0.29, 0.717) is 23.8 Å². The first kappa shape index (κ1) is 13.9. The molecule has 19 heavy (non-hydrogen) atoms. The molecule has 1 amide bonds. The number of hydrogen-bond acceptors (Lipinski definition) is 4. The van der Waals surface area contributed by atoms with Crippen molar-refractivity contribution in [3.8, 4) is 0 Å². The van der Waals surface area contributed by atoms with Crippen LogP contribution >= 0.6 is 0 Å². The minimum absolute atomic E-state index is 0.209. The van der Waals surface area contributed by atoms with Crippen LogP contribution in [0.25, 0.3) is 0 Å². The van der Waals surface area contributed by atoms with Gasteiger partial charge in [-0.3, -0.25) is 9.89 Å². The summed E-state index contributed by atoms with van der Waals surface area (Å²) in [5.74, 6) is 0.576. The number of anilines is 1. The van der Waals surface area contributed by atoms with Crippen molar-refractivity contribution in [2.45, 2.75) is 32.6 Å². The van der Waals surface area contributed by atoms with Gasteiger partial charge in [0.25, 0.3) is 5.91 Å². The molecule has 106 valence electrons. The molecular weight excluding hydrogens is 244 g/mol. The Kier molecular flexibility index (Phi) is 4.42. The number of nitrogens with one attached hydrogen (secondary N) is 2. The lowest BCUT2D eigenvalue weighted by Crippen LogP contribution is -2.27. The van der Waals surface area contributed by atoms with Crippen molar-refractivity contribution in [2.75, 3.05) is 25.5 Å². The van der Waals surface area contributed by atoms with Crippen LogP contribution < -0.4 is 11.1 Å². The SMILES string of the molecule is CC(C)c1[nH]nc(C(=O)NCCC2CCOC2)c1N. The van der Waals surface area contributed by atoms with Crippen molar-refractivity contribution in [3.05, 3.63) is 11.4 Å².